The zero-order valence-electron chi connectivity index (χ0n) is 11.7. The molecule has 1 saturated heterocycles. The number of carbonyl (C=O) groups excluding carboxylic acids is 2. The number of carbonyl (C=O) groups is 2. The number of hydrogen-bond donors (Lipinski definition) is 2. The lowest BCUT2D eigenvalue weighted by molar-refractivity contribution is -0.130. The smallest absolute Gasteiger partial charge is 0.395 e. The molecule has 0 unspecified atom stereocenters. The third-order valence-electron chi connectivity index (χ3n) is 3.34. The lowest BCUT2D eigenvalue weighted by atomic mass is 10.0. The van der Waals surface area contributed by atoms with Crippen LogP contribution in [-0.2, 0) is 9.59 Å². The number of nitrogens with zero attached hydrogens (tertiary/aromatic N) is 1. The van der Waals surface area contributed by atoms with Crippen LogP contribution < -0.4 is 16.0 Å². The van der Waals surface area contributed by atoms with E-state index in [1.54, 1.807) is 29.2 Å². The van der Waals surface area contributed by atoms with Crippen molar-refractivity contribution in [2.24, 2.45) is 5.73 Å². The van der Waals surface area contributed by atoms with E-state index >= 15 is 0 Å². The number of hydrogen-bond acceptors (Lipinski definition) is 4. The fourth-order valence-corrected chi connectivity index (χ4v) is 2.19. The van der Waals surface area contributed by atoms with Crippen molar-refractivity contribution < 1.29 is 22.8 Å². The quantitative estimate of drug-likeness (QED) is 0.820. The SMILES string of the molecule is NC(=CC(=O)NC(=O)[C@@H]1CCN1c1ccc(Cl)cc1)C(F)(F)F. The zero-order chi connectivity index (χ0) is 17.2. The number of nitrogens with one attached hydrogen (secondary N) is 1. The van der Waals surface area contributed by atoms with Crippen LogP contribution in [-0.4, -0.2) is 30.6 Å². The third kappa shape index (κ3) is 4.16. The van der Waals surface area contributed by atoms with Crippen molar-refractivity contribution in [3.63, 3.8) is 0 Å². The van der Waals surface area contributed by atoms with E-state index in [1.807, 2.05) is 5.32 Å². The van der Waals surface area contributed by atoms with Crippen LogP contribution in [0.2, 0.25) is 5.02 Å². The number of nitrogens with two attached hydrogens (primary N) is 1. The minimum atomic E-state index is -4.81. The van der Waals surface area contributed by atoms with E-state index in [1.165, 1.54) is 0 Å². The van der Waals surface area contributed by atoms with Gasteiger partial charge in [0.15, 0.2) is 0 Å². The first-order valence-electron chi connectivity index (χ1n) is 6.60. The Kier molecular flexibility index (Phi) is 4.84. The molecule has 1 atom stereocenters. The molecule has 0 bridgehead atoms. The molecule has 2 rings (SSSR count). The second-order valence-corrected chi connectivity index (χ2v) is 5.36. The minimum absolute atomic E-state index is 0.156. The van der Waals surface area contributed by atoms with Crippen LogP contribution in [0.5, 0.6) is 0 Å². The molecule has 1 aliphatic rings. The van der Waals surface area contributed by atoms with Crippen molar-refractivity contribution in [2.75, 3.05) is 11.4 Å². The van der Waals surface area contributed by atoms with Gasteiger partial charge < -0.3 is 10.6 Å². The molecule has 1 aromatic carbocycles. The standard InChI is InChI=1S/C14H13ClF3N3O2/c15-8-1-3-9(4-2-8)21-6-5-10(21)13(23)20-12(22)7-11(19)14(16,17)18/h1-4,7,10H,5-6,19H2,(H,20,22,23)/t10-/m0/s1. The highest BCUT2D eigenvalue weighted by molar-refractivity contribution is 6.30. The van der Waals surface area contributed by atoms with Crippen LogP contribution >= 0.6 is 11.6 Å². The second-order valence-electron chi connectivity index (χ2n) is 4.93. The Balaban J connectivity index is 1.98. The molecule has 1 aliphatic heterocycles. The lowest BCUT2D eigenvalue weighted by Gasteiger charge is -2.41. The largest absolute Gasteiger partial charge is 0.430 e. The fourth-order valence-electron chi connectivity index (χ4n) is 2.07. The lowest BCUT2D eigenvalue weighted by Crippen LogP contribution is -2.57. The molecule has 0 aliphatic carbocycles. The number of amides is 2. The van der Waals surface area contributed by atoms with Gasteiger partial charge in [-0.25, -0.2) is 0 Å². The molecule has 23 heavy (non-hydrogen) atoms. The zero-order valence-corrected chi connectivity index (χ0v) is 12.5. The van der Waals surface area contributed by atoms with Gasteiger partial charge in [-0.2, -0.15) is 13.2 Å². The molecule has 0 spiro atoms. The Morgan fingerprint density at radius 2 is 1.91 bits per heavy atom. The van der Waals surface area contributed by atoms with Gasteiger partial charge in [0.2, 0.25) is 5.91 Å². The monoisotopic (exact) mass is 347 g/mol. The van der Waals surface area contributed by atoms with Crippen LogP contribution in [0.15, 0.2) is 36.0 Å². The first-order valence-corrected chi connectivity index (χ1v) is 6.97. The van der Waals surface area contributed by atoms with Gasteiger partial charge in [0.25, 0.3) is 5.91 Å². The van der Waals surface area contributed by atoms with Crippen molar-refractivity contribution in [3.05, 3.63) is 41.1 Å². The predicted molar refractivity (Wildman–Crippen MR) is 78.7 cm³/mol. The molecule has 5 nitrogen and oxygen atoms in total. The number of halogens is 4. The number of anilines is 1. The molecule has 9 heteroatoms. The van der Waals surface area contributed by atoms with Crippen LogP contribution in [0.1, 0.15) is 6.42 Å². The van der Waals surface area contributed by atoms with Crippen LogP contribution in [0.3, 0.4) is 0 Å². The summed E-state index contributed by atoms with van der Waals surface area (Å²) in [6.07, 6.45) is -4.17. The normalized spacial score (nSPS) is 18.3. The summed E-state index contributed by atoms with van der Waals surface area (Å²) >= 11 is 5.78. The molecule has 0 saturated carbocycles. The Labute approximate surface area is 134 Å². The van der Waals surface area contributed by atoms with E-state index in [-0.39, 0.29) is 6.08 Å². The molecule has 1 fully saturated rings. The second kappa shape index (κ2) is 6.49. The summed E-state index contributed by atoms with van der Waals surface area (Å²) in [5, 5.41) is 2.43. The average molecular weight is 348 g/mol. The summed E-state index contributed by atoms with van der Waals surface area (Å²) in [5.41, 5.74) is 3.89. The Bertz CT molecular complexity index is 644. The van der Waals surface area contributed by atoms with Gasteiger partial charge in [-0.05, 0) is 30.7 Å². The van der Waals surface area contributed by atoms with Gasteiger partial charge in [-0.15, -0.1) is 0 Å². The Hall–Kier alpha value is -2.22. The Morgan fingerprint density at radius 1 is 1.30 bits per heavy atom. The van der Waals surface area contributed by atoms with Crippen molar-refractivity contribution in [2.45, 2.75) is 18.6 Å². The topological polar surface area (TPSA) is 75.4 Å². The van der Waals surface area contributed by atoms with Crippen molar-refractivity contribution in [1.29, 1.82) is 0 Å². The van der Waals surface area contributed by atoms with E-state index in [9.17, 15) is 22.8 Å². The van der Waals surface area contributed by atoms with Crippen molar-refractivity contribution >= 4 is 29.1 Å². The van der Waals surface area contributed by atoms with E-state index in [4.69, 9.17) is 17.3 Å². The van der Waals surface area contributed by atoms with E-state index in [2.05, 4.69) is 0 Å². The predicted octanol–water partition coefficient (Wildman–Crippen LogP) is 1.97. The molecular weight excluding hydrogens is 335 g/mol. The highest BCUT2D eigenvalue weighted by Gasteiger charge is 2.36. The van der Waals surface area contributed by atoms with Crippen molar-refractivity contribution in [1.82, 2.24) is 5.32 Å². The van der Waals surface area contributed by atoms with E-state index in [0.717, 1.165) is 5.69 Å². The van der Waals surface area contributed by atoms with Gasteiger partial charge in [0.1, 0.15) is 11.7 Å². The minimum Gasteiger partial charge on any atom is -0.395 e. The summed E-state index contributed by atoms with van der Waals surface area (Å²) in [4.78, 5) is 25.1. The van der Waals surface area contributed by atoms with Crippen LogP contribution in [0, 0.1) is 0 Å². The molecule has 1 aromatic rings. The molecule has 0 radical (unpaired) electrons. The van der Waals surface area contributed by atoms with Gasteiger partial charge in [-0.1, -0.05) is 11.6 Å². The maximum absolute atomic E-state index is 12.2. The van der Waals surface area contributed by atoms with Crippen LogP contribution in [0.4, 0.5) is 18.9 Å². The van der Waals surface area contributed by atoms with E-state index in [0.29, 0.717) is 18.0 Å². The number of alkyl halides is 3. The molecular formula is C14H13ClF3N3O2. The highest BCUT2D eigenvalue weighted by Crippen LogP contribution is 2.27. The number of rotatable bonds is 3. The van der Waals surface area contributed by atoms with E-state index < -0.39 is 29.7 Å². The van der Waals surface area contributed by atoms with Gasteiger partial charge in [0, 0.05) is 23.3 Å². The first kappa shape index (κ1) is 17.1. The summed E-state index contributed by atoms with van der Waals surface area (Å²) in [7, 11) is 0. The van der Waals surface area contributed by atoms with Crippen LogP contribution in [0.25, 0.3) is 0 Å². The maximum Gasteiger partial charge on any atom is 0.430 e. The summed E-state index contributed by atoms with van der Waals surface area (Å²) in [6, 6.07) is 6.11. The van der Waals surface area contributed by atoms with Gasteiger partial charge in [-0.3, -0.25) is 14.9 Å². The number of benzene rings is 1. The molecule has 124 valence electrons. The average Bonchev–Trinajstić information content (AvgIpc) is 2.38. The highest BCUT2D eigenvalue weighted by atomic mass is 35.5. The summed E-state index contributed by atoms with van der Waals surface area (Å²) in [5.74, 6) is -1.88. The Morgan fingerprint density at radius 3 is 2.39 bits per heavy atom. The van der Waals surface area contributed by atoms with Crippen molar-refractivity contribution in [3.8, 4) is 0 Å². The summed E-state index contributed by atoms with van der Waals surface area (Å²) in [6.45, 7) is 0.592. The third-order valence-corrected chi connectivity index (χ3v) is 3.59. The number of imide groups is 1. The summed E-state index contributed by atoms with van der Waals surface area (Å²) < 4.78 is 36.7. The van der Waals surface area contributed by atoms with Gasteiger partial charge >= 0.3 is 6.18 Å². The maximum atomic E-state index is 12.2. The molecule has 2 amide bonds. The molecule has 1 heterocycles. The molecule has 0 aromatic heterocycles. The molecule has 3 N–H and O–H groups in total. The first-order chi connectivity index (χ1) is 10.7. The number of allylic oxidation sites excluding steroid dienone is 1. The van der Waals surface area contributed by atoms with Gasteiger partial charge in [0.05, 0.1) is 0 Å². The fraction of sp³-hybridized carbons (Fsp3) is 0.286.